The number of hydrogen-bond donors (Lipinski definition) is 2. The minimum absolute atomic E-state index is 0.230. The minimum atomic E-state index is -4.58. The van der Waals surface area contributed by atoms with Crippen molar-refractivity contribution in [1.82, 2.24) is 5.32 Å². The van der Waals surface area contributed by atoms with E-state index in [4.69, 9.17) is 5.11 Å². The van der Waals surface area contributed by atoms with E-state index in [0.717, 1.165) is 7.11 Å². The van der Waals surface area contributed by atoms with E-state index in [1.54, 1.807) is 18.2 Å². The summed E-state index contributed by atoms with van der Waals surface area (Å²) in [4.78, 5) is 22.9. The molecule has 5 nitrogen and oxygen atoms in total. The zero-order valence-electron chi connectivity index (χ0n) is 11.8. The molecule has 0 aliphatic carbocycles. The second-order valence-corrected chi connectivity index (χ2v) is 4.57. The Balaban J connectivity index is 2.67. The first-order chi connectivity index (χ1) is 10.3. The maximum Gasteiger partial charge on any atom is 0.414 e. The topological polar surface area (TPSA) is 75.6 Å². The van der Waals surface area contributed by atoms with Gasteiger partial charge >= 0.3 is 12.1 Å². The normalized spacial score (nSPS) is 14.2. The van der Waals surface area contributed by atoms with Crippen LogP contribution in [0.4, 0.5) is 13.2 Å². The summed E-state index contributed by atoms with van der Waals surface area (Å²) >= 11 is 0. The number of halogens is 3. The van der Waals surface area contributed by atoms with Crippen molar-refractivity contribution >= 4 is 11.9 Å². The van der Waals surface area contributed by atoms with Crippen molar-refractivity contribution in [3.8, 4) is 0 Å². The first-order valence-electron chi connectivity index (χ1n) is 6.44. The molecule has 8 heteroatoms. The van der Waals surface area contributed by atoms with Gasteiger partial charge in [-0.15, -0.1) is 0 Å². The summed E-state index contributed by atoms with van der Waals surface area (Å²) in [5, 5.41) is 11.2. The Labute approximate surface area is 125 Å². The molecule has 1 aromatic carbocycles. The number of amides is 1. The number of carboxylic acid groups (broad SMARTS) is 1. The molecule has 22 heavy (non-hydrogen) atoms. The molecule has 0 aliphatic heterocycles. The lowest BCUT2D eigenvalue weighted by Crippen LogP contribution is -2.42. The average Bonchev–Trinajstić information content (AvgIpc) is 2.45. The van der Waals surface area contributed by atoms with Crippen LogP contribution in [0.15, 0.2) is 30.3 Å². The Morgan fingerprint density at radius 2 is 1.82 bits per heavy atom. The number of ether oxygens (including phenoxy) is 1. The van der Waals surface area contributed by atoms with Crippen molar-refractivity contribution in [1.29, 1.82) is 0 Å². The molecule has 0 radical (unpaired) electrons. The van der Waals surface area contributed by atoms with Gasteiger partial charge in [-0.3, -0.25) is 4.79 Å². The molecular weight excluding hydrogens is 303 g/mol. The lowest BCUT2D eigenvalue weighted by atomic mass is 10.1. The first kappa shape index (κ1) is 18.0. The van der Waals surface area contributed by atoms with Gasteiger partial charge < -0.3 is 15.2 Å². The Morgan fingerprint density at radius 1 is 1.23 bits per heavy atom. The number of carboxylic acids is 1. The van der Waals surface area contributed by atoms with Gasteiger partial charge in [0.1, 0.15) is 6.04 Å². The number of carbonyl (C=O) groups is 2. The third kappa shape index (κ3) is 5.36. The summed E-state index contributed by atoms with van der Waals surface area (Å²) in [6, 6.07) is 6.39. The van der Waals surface area contributed by atoms with Crippen LogP contribution in [0.25, 0.3) is 0 Å². The van der Waals surface area contributed by atoms with Crippen LogP contribution >= 0.6 is 0 Å². The van der Waals surface area contributed by atoms with E-state index in [-0.39, 0.29) is 5.56 Å². The number of benzene rings is 1. The lowest BCUT2D eigenvalue weighted by Gasteiger charge is -2.21. The van der Waals surface area contributed by atoms with Crippen LogP contribution in [0.1, 0.15) is 23.2 Å². The van der Waals surface area contributed by atoms with Crippen molar-refractivity contribution in [3.63, 3.8) is 0 Å². The van der Waals surface area contributed by atoms with Crippen molar-refractivity contribution in [2.45, 2.75) is 31.2 Å². The number of nitrogens with one attached hydrogen (secondary N) is 1. The van der Waals surface area contributed by atoms with Crippen LogP contribution in [-0.4, -0.2) is 42.4 Å². The van der Waals surface area contributed by atoms with E-state index < -0.39 is 43.0 Å². The largest absolute Gasteiger partial charge is 0.480 e. The third-order valence-corrected chi connectivity index (χ3v) is 3.01. The van der Waals surface area contributed by atoms with Gasteiger partial charge in [0.15, 0.2) is 6.10 Å². The fraction of sp³-hybridized carbons (Fsp3) is 0.429. The molecule has 0 saturated carbocycles. The molecule has 0 fully saturated rings. The summed E-state index contributed by atoms with van der Waals surface area (Å²) in [5.74, 6) is -2.06. The maximum atomic E-state index is 12.5. The van der Waals surface area contributed by atoms with Gasteiger partial charge in [-0.05, 0) is 25.0 Å². The molecule has 0 bridgehead atoms. The van der Waals surface area contributed by atoms with Gasteiger partial charge in [0.25, 0.3) is 5.91 Å². The first-order valence-corrected chi connectivity index (χ1v) is 6.44. The van der Waals surface area contributed by atoms with Gasteiger partial charge in [0.05, 0.1) is 0 Å². The summed E-state index contributed by atoms with van der Waals surface area (Å²) in [6.45, 7) is 0. The molecule has 0 unspecified atom stereocenters. The van der Waals surface area contributed by atoms with Crippen molar-refractivity contribution in [2.24, 2.45) is 0 Å². The Bertz CT molecular complexity index is 505. The Kier molecular flexibility index (Phi) is 6.36. The molecule has 1 rings (SSSR count). The zero-order chi connectivity index (χ0) is 16.8. The third-order valence-electron chi connectivity index (χ3n) is 3.01. The number of aliphatic carboxylic acids is 1. The highest BCUT2D eigenvalue weighted by Crippen LogP contribution is 2.26. The molecule has 1 aromatic rings. The summed E-state index contributed by atoms with van der Waals surface area (Å²) in [6.07, 6.45) is -7.61. The number of hydrogen-bond acceptors (Lipinski definition) is 3. The number of methoxy groups -OCH3 is 1. The van der Waals surface area contributed by atoms with Crippen LogP contribution in [0, 0.1) is 0 Å². The fourth-order valence-corrected chi connectivity index (χ4v) is 1.82. The van der Waals surface area contributed by atoms with Crippen LogP contribution in [0.3, 0.4) is 0 Å². The second kappa shape index (κ2) is 7.79. The molecule has 2 atom stereocenters. The molecule has 0 aromatic heterocycles. The molecule has 0 saturated heterocycles. The highest BCUT2D eigenvalue weighted by molar-refractivity contribution is 5.96. The van der Waals surface area contributed by atoms with Crippen molar-refractivity contribution < 1.29 is 32.6 Å². The van der Waals surface area contributed by atoms with E-state index in [1.807, 2.05) is 0 Å². The van der Waals surface area contributed by atoms with Gasteiger partial charge in [-0.2, -0.15) is 13.2 Å². The van der Waals surface area contributed by atoms with Crippen LogP contribution in [0.2, 0.25) is 0 Å². The Morgan fingerprint density at radius 3 is 2.27 bits per heavy atom. The van der Waals surface area contributed by atoms with E-state index in [9.17, 15) is 22.8 Å². The predicted octanol–water partition coefficient (Wildman–Crippen LogP) is 2.23. The highest BCUT2D eigenvalue weighted by Gasteiger charge is 2.40. The minimum Gasteiger partial charge on any atom is -0.480 e. The Hall–Kier alpha value is -2.09. The number of rotatable bonds is 7. The SMILES string of the molecule is CO[C@@H](CC[C@H](NC(=O)c1ccccc1)C(=O)O)C(F)(F)F. The maximum absolute atomic E-state index is 12.5. The number of carbonyl (C=O) groups excluding carboxylic acids is 1. The van der Waals surface area contributed by atoms with Gasteiger partial charge in [0.2, 0.25) is 0 Å². The highest BCUT2D eigenvalue weighted by atomic mass is 19.4. The van der Waals surface area contributed by atoms with E-state index in [1.165, 1.54) is 12.1 Å². The average molecular weight is 319 g/mol. The van der Waals surface area contributed by atoms with E-state index >= 15 is 0 Å². The van der Waals surface area contributed by atoms with Crippen LogP contribution in [-0.2, 0) is 9.53 Å². The summed E-state index contributed by atoms with van der Waals surface area (Å²) in [5.41, 5.74) is 0.230. The van der Waals surface area contributed by atoms with E-state index in [0.29, 0.717) is 0 Å². The summed E-state index contributed by atoms with van der Waals surface area (Å²) < 4.78 is 41.9. The van der Waals surface area contributed by atoms with Crippen LogP contribution in [0.5, 0.6) is 0 Å². The van der Waals surface area contributed by atoms with Crippen molar-refractivity contribution in [3.05, 3.63) is 35.9 Å². The molecule has 1 amide bonds. The van der Waals surface area contributed by atoms with Gasteiger partial charge in [-0.1, -0.05) is 18.2 Å². The second-order valence-electron chi connectivity index (χ2n) is 4.57. The lowest BCUT2D eigenvalue weighted by molar-refractivity contribution is -0.215. The fourth-order valence-electron chi connectivity index (χ4n) is 1.82. The molecule has 0 spiro atoms. The molecule has 0 aliphatic rings. The van der Waals surface area contributed by atoms with Gasteiger partial charge in [-0.25, -0.2) is 4.79 Å². The smallest absolute Gasteiger partial charge is 0.414 e. The van der Waals surface area contributed by atoms with Crippen LogP contribution < -0.4 is 5.32 Å². The standard InChI is InChI=1S/C14H16F3NO4/c1-22-11(14(15,16)17)8-7-10(13(20)21)18-12(19)9-5-3-2-4-6-9/h2-6,10-11H,7-8H2,1H3,(H,18,19)(H,20,21)/t10-,11-/m0/s1. The van der Waals surface area contributed by atoms with Gasteiger partial charge in [0, 0.05) is 12.7 Å². The molecule has 122 valence electrons. The monoisotopic (exact) mass is 319 g/mol. The predicted molar refractivity (Wildman–Crippen MR) is 71.4 cm³/mol. The number of alkyl halides is 3. The molecular formula is C14H16F3NO4. The van der Waals surface area contributed by atoms with E-state index in [2.05, 4.69) is 10.1 Å². The van der Waals surface area contributed by atoms with Crippen molar-refractivity contribution in [2.75, 3.05) is 7.11 Å². The quantitative estimate of drug-likeness (QED) is 0.808. The molecule has 0 heterocycles. The summed E-state index contributed by atoms with van der Waals surface area (Å²) in [7, 11) is 0.899. The molecule has 2 N–H and O–H groups in total. The zero-order valence-corrected chi connectivity index (χ0v) is 11.8.